The van der Waals surface area contributed by atoms with Crippen LogP contribution in [0.15, 0.2) is 32.9 Å². The van der Waals surface area contributed by atoms with Crippen molar-refractivity contribution in [2.24, 2.45) is 0 Å². The molecule has 0 bridgehead atoms. The molecule has 6 nitrogen and oxygen atoms in total. The number of nitrogens with one attached hydrogen (secondary N) is 1. The first kappa shape index (κ1) is 14.8. The van der Waals surface area contributed by atoms with E-state index in [1.54, 1.807) is 26.0 Å². The molecule has 108 valence electrons. The molecule has 1 atom stereocenters. The van der Waals surface area contributed by atoms with E-state index in [1.165, 1.54) is 11.4 Å². The van der Waals surface area contributed by atoms with Gasteiger partial charge < -0.3 is 9.52 Å². The molecule has 2 rings (SSSR count). The Bertz CT molecular complexity index is 729. The van der Waals surface area contributed by atoms with E-state index in [9.17, 15) is 13.2 Å². The first-order valence-electron chi connectivity index (χ1n) is 5.70. The number of thiophene rings is 1. The fourth-order valence-corrected chi connectivity index (χ4v) is 4.18. The van der Waals surface area contributed by atoms with Crippen LogP contribution in [0.2, 0.25) is 0 Å². The maximum absolute atomic E-state index is 12.2. The number of carbonyl (C=O) groups is 1. The predicted molar refractivity (Wildman–Crippen MR) is 73.5 cm³/mol. The van der Waals surface area contributed by atoms with Crippen LogP contribution in [0.25, 0.3) is 0 Å². The molecule has 0 fully saturated rings. The van der Waals surface area contributed by atoms with E-state index in [1.807, 2.05) is 0 Å². The molecule has 0 amide bonds. The van der Waals surface area contributed by atoms with Crippen molar-refractivity contribution in [3.63, 3.8) is 0 Å². The summed E-state index contributed by atoms with van der Waals surface area (Å²) in [6, 6.07) is 4.09. The van der Waals surface area contributed by atoms with Gasteiger partial charge in [-0.15, -0.1) is 11.3 Å². The van der Waals surface area contributed by atoms with Gasteiger partial charge in [0.15, 0.2) is 0 Å². The molecule has 2 aromatic heterocycles. The largest absolute Gasteiger partial charge is 0.477 e. The third kappa shape index (κ3) is 2.92. The molecule has 2 heterocycles. The Hall–Kier alpha value is -1.64. The topological polar surface area (TPSA) is 96.6 Å². The standard InChI is InChI=1S/C12H13NO5S2/c1-7-3-4-9(18-7)8(2)13-20(16,17)10-5-6-19-11(10)12(14)15/h3-6,8,13H,1-2H3,(H,14,15). The minimum absolute atomic E-state index is 0.208. The smallest absolute Gasteiger partial charge is 0.347 e. The van der Waals surface area contributed by atoms with E-state index in [-0.39, 0.29) is 9.77 Å². The zero-order chi connectivity index (χ0) is 14.9. The summed E-state index contributed by atoms with van der Waals surface area (Å²) in [6.07, 6.45) is 0. The molecule has 20 heavy (non-hydrogen) atoms. The molecule has 0 aromatic carbocycles. The van der Waals surface area contributed by atoms with Crippen LogP contribution in [-0.4, -0.2) is 19.5 Å². The van der Waals surface area contributed by atoms with Crippen LogP contribution < -0.4 is 4.72 Å². The van der Waals surface area contributed by atoms with Crippen molar-refractivity contribution in [2.75, 3.05) is 0 Å². The van der Waals surface area contributed by atoms with Crippen molar-refractivity contribution in [2.45, 2.75) is 24.8 Å². The maximum atomic E-state index is 12.2. The average molecular weight is 315 g/mol. The quantitative estimate of drug-likeness (QED) is 0.883. The Balaban J connectivity index is 2.27. The fourth-order valence-electron chi connectivity index (χ4n) is 1.71. The molecule has 0 aliphatic heterocycles. The van der Waals surface area contributed by atoms with E-state index in [0.717, 1.165) is 11.3 Å². The van der Waals surface area contributed by atoms with E-state index < -0.39 is 22.0 Å². The van der Waals surface area contributed by atoms with E-state index in [0.29, 0.717) is 11.5 Å². The molecule has 0 saturated heterocycles. The van der Waals surface area contributed by atoms with E-state index in [4.69, 9.17) is 9.52 Å². The van der Waals surface area contributed by atoms with Crippen LogP contribution in [0, 0.1) is 6.92 Å². The van der Waals surface area contributed by atoms with Crippen molar-refractivity contribution < 1.29 is 22.7 Å². The zero-order valence-electron chi connectivity index (χ0n) is 10.8. The number of sulfonamides is 1. The summed E-state index contributed by atoms with van der Waals surface area (Å²) in [6.45, 7) is 3.38. The van der Waals surface area contributed by atoms with Crippen LogP contribution in [0.4, 0.5) is 0 Å². The Morgan fingerprint density at radius 2 is 2.10 bits per heavy atom. The van der Waals surface area contributed by atoms with Gasteiger partial charge in [-0.2, -0.15) is 0 Å². The Kier molecular flexibility index (Phi) is 3.98. The Morgan fingerprint density at radius 1 is 1.40 bits per heavy atom. The van der Waals surface area contributed by atoms with Crippen molar-refractivity contribution in [3.8, 4) is 0 Å². The summed E-state index contributed by atoms with van der Waals surface area (Å²) in [7, 11) is -3.91. The SMILES string of the molecule is Cc1ccc(C(C)NS(=O)(=O)c2ccsc2C(=O)O)o1. The van der Waals surface area contributed by atoms with Gasteiger partial charge in [0.05, 0.1) is 6.04 Å². The lowest BCUT2D eigenvalue weighted by atomic mass is 10.3. The molecule has 1 unspecified atom stereocenters. The van der Waals surface area contributed by atoms with Gasteiger partial charge in [0.2, 0.25) is 10.0 Å². The highest BCUT2D eigenvalue weighted by atomic mass is 32.2. The van der Waals surface area contributed by atoms with Crippen molar-refractivity contribution >= 4 is 27.3 Å². The highest BCUT2D eigenvalue weighted by Gasteiger charge is 2.26. The number of carboxylic acid groups (broad SMARTS) is 1. The number of hydrogen-bond acceptors (Lipinski definition) is 5. The van der Waals surface area contributed by atoms with Gasteiger partial charge in [-0.3, -0.25) is 0 Å². The highest BCUT2D eigenvalue weighted by molar-refractivity contribution is 7.89. The molecular formula is C12H13NO5S2. The first-order chi connectivity index (χ1) is 9.31. The van der Waals surface area contributed by atoms with Gasteiger partial charge in [0.1, 0.15) is 21.3 Å². The molecule has 8 heteroatoms. The maximum Gasteiger partial charge on any atom is 0.347 e. The lowest BCUT2D eigenvalue weighted by Crippen LogP contribution is -2.27. The third-order valence-corrected chi connectivity index (χ3v) is 5.25. The molecule has 2 N–H and O–H groups in total. The normalized spacial score (nSPS) is 13.3. The number of hydrogen-bond donors (Lipinski definition) is 2. The minimum Gasteiger partial charge on any atom is -0.477 e. The van der Waals surface area contributed by atoms with Gasteiger partial charge in [0, 0.05) is 0 Å². The average Bonchev–Trinajstić information content (AvgIpc) is 2.96. The monoisotopic (exact) mass is 315 g/mol. The van der Waals surface area contributed by atoms with E-state index >= 15 is 0 Å². The van der Waals surface area contributed by atoms with Crippen molar-refractivity contribution in [3.05, 3.63) is 40.0 Å². The summed E-state index contributed by atoms with van der Waals surface area (Å²) in [5, 5.41) is 10.4. The number of rotatable bonds is 5. The number of carboxylic acids is 1. The van der Waals surface area contributed by atoms with Crippen LogP contribution >= 0.6 is 11.3 Å². The van der Waals surface area contributed by atoms with Crippen LogP contribution in [0.5, 0.6) is 0 Å². The second-order valence-electron chi connectivity index (χ2n) is 4.21. The predicted octanol–water partition coefficient (Wildman–Crippen LogP) is 2.39. The molecule has 2 aromatic rings. The van der Waals surface area contributed by atoms with E-state index in [2.05, 4.69) is 4.72 Å². The number of furan rings is 1. The van der Waals surface area contributed by atoms with Gasteiger partial charge in [-0.1, -0.05) is 0 Å². The summed E-state index contributed by atoms with van der Waals surface area (Å²) < 4.78 is 32.2. The second-order valence-corrected chi connectivity index (χ2v) is 6.81. The molecule has 0 radical (unpaired) electrons. The van der Waals surface area contributed by atoms with Crippen LogP contribution in [0.3, 0.4) is 0 Å². The minimum atomic E-state index is -3.91. The number of aryl methyl sites for hydroxylation is 1. The second kappa shape index (κ2) is 5.39. The molecular weight excluding hydrogens is 302 g/mol. The Morgan fingerprint density at radius 3 is 2.65 bits per heavy atom. The third-order valence-electron chi connectivity index (χ3n) is 2.63. The van der Waals surface area contributed by atoms with Gasteiger partial charge in [-0.05, 0) is 37.4 Å². The van der Waals surface area contributed by atoms with Crippen molar-refractivity contribution in [1.29, 1.82) is 0 Å². The fraction of sp³-hybridized carbons (Fsp3) is 0.250. The lowest BCUT2D eigenvalue weighted by molar-refractivity contribution is 0.0698. The van der Waals surface area contributed by atoms with Gasteiger partial charge in [-0.25, -0.2) is 17.9 Å². The number of aromatic carboxylic acids is 1. The molecule has 0 aliphatic carbocycles. The zero-order valence-corrected chi connectivity index (χ0v) is 12.4. The molecule has 0 saturated carbocycles. The van der Waals surface area contributed by atoms with Gasteiger partial charge >= 0.3 is 5.97 Å². The van der Waals surface area contributed by atoms with Crippen LogP contribution in [-0.2, 0) is 10.0 Å². The van der Waals surface area contributed by atoms with Crippen LogP contribution in [0.1, 0.15) is 34.2 Å². The summed E-state index contributed by atoms with van der Waals surface area (Å²) in [5.41, 5.74) is 0. The lowest BCUT2D eigenvalue weighted by Gasteiger charge is -2.11. The molecule has 0 aliphatic rings. The Labute approximate surface area is 120 Å². The summed E-state index contributed by atoms with van der Waals surface area (Å²) in [5.74, 6) is -0.118. The molecule has 0 spiro atoms. The first-order valence-corrected chi connectivity index (χ1v) is 8.07. The summed E-state index contributed by atoms with van der Waals surface area (Å²) in [4.78, 5) is 10.5. The summed E-state index contributed by atoms with van der Waals surface area (Å²) >= 11 is 0.869. The van der Waals surface area contributed by atoms with Crippen molar-refractivity contribution in [1.82, 2.24) is 4.72 Å². The highest BCUT2D eigenvalue weighted by Crippen LogP contribution is 2.24. The van der Waals surface area contributed by atoms with Gasteiger partial charge in [0.25, 0.3) is 0 Å².